The van der Waals surface area contributed by atoms with Crippen LogP contribution in [0.2, 0.25) is 0 Å². The van der Waals surface area contributed by atoms with E-state index >= 15 is 0 Å². The van der Waals surface area contributed by atoms with Crippen LogP contribution in [0.3, 0.4) is 0 Å². The molecule has 98 valence electrons. The number of carbonyl (C=O) groups is 1. The third-order valence-corrected chi connectivity index (χ3v) is 2.87. The van der Waals surface area contributed by atoms with Gasteiger partial charge in [-0.15, -0.1) is 6.58 Å². The van der Waals surface area contributed by atoms with Gasteiger partial charge in [0, 0.05) is 12.3 Å². The minimum atomic E-state index is -0.903. The van der Waals surface area contributed by atoms with Gasteiger partial charge in [-0.1, -0.05) is 31.9 Å². The number of carbonyl (C=O) groups excluding carboxylic acids is 1. The summed E-state index contributed by atoms with van der Waals surface area (Å²) in [5.41, 5.74) is 0.561. The Morgan fingerprint density at radius 1 is 1.39 bits per heavy atom. The van der Waals surface area contributed by atoms with Crippen molar-refractivity contribution in [2.45, 2.75) is 32.1 Å². The summed E-state index contributed by atoms with van der Waals surface area (Å²) in [5, 5.41) is 0. The number of rotatable bonds is 4. The van der Waals surface area contributed by atoms with E-state index in [1.165, 1.54) is 18.9 Å². The highest BCUT2D eigenvalue weighted by Crippen LogP contribution is 2.26. The van der Waals surface area contributed by atoms with E-state index in [0.717, 1.165) is 24.3 Å². The van der Waals surface area contributed by atoms with E-state index in [2.05, 4.69) is 13.5 Å². The molecule has 1 aliphatic carbocycles. The Balaban J connectivity index is 0.000000341. The molecule has 1 aliphatic rings. The van der Waals surface area contributed by atoms with E-state index < -0.39 is 11.6 Å². The topological polar surface area (TPSA) is 17.1 Å². The van der Waals surface area contributed by atoms with Crippen molar-refractivity contribution in [3.8, 4) is 0 Å². The second-order valence-electron chi connectivity index (χ2n) is 4.60. The molecule has 0 aromatic heterocycles. The molecule has 0 heterocycles. The maximum atomic E-state index is 12.8. The molecule has 0 N–H and O–H groups in total. The molecule has 1 fully saturated rings. The lowest BCUT2D eigenvalue weighted by Gasteiger charge is -2.09. The fraction of sp³-hybridized carbons (Fsp3) is 0.400. The zero-order valence-electron chi connectivity index (χ0n) is 10.5. The molecule has 0 bridgehead atoms. The molecule has 1 unspecified atom stereocenters. The second-order valence-corrected chi connectivity index (χ2v) is 4.60. The first-order chi connectivity index (χ1) is 8.58. The zero-order valence-corrected chi connectivity index (χ0v) is 10.5. The Kier molecular flexibility index (Phi) is 5.69. The van der Waals surface area contributed by atoms with Gasteiger partial charge < -0.3 is 4.79 Å². The highest BCUT2D eigenvalue weighted by atomic mass is 19.2. The van der Waals surface area contributed by atoms with Crippen LogP contribution in [0, 0.1) is 17.6 Å². The fourth-order valence-electron chi connectivity index (χ4n) is 1.38. The monoisotopic (exact) mass is 252 g/mol. The van der Waals surface area contributed by atoms with Crippen LogP contribution in [0.25, 0.3) is 0 Å². The smallest absolute Gasteiger partial charge is 0.159 e. The first-order valence-corrected chi connectivity index (χ1v) is 6.09. The number of aldehydes is 1. The summed E-state index contributed by atoms with van der Waals surface area (Å²) < 4.78 is 25.4. The quantitative estimate of drug-likeness (QED) is 0.578. The van der Waals surface area contributed by atoms with Crippen LogP contribution in [0.4, 0.5) is 8.78 Å². The largest absolute Gasteiger partial charge is 0.303 e. The Hall–Kier alpha value is -1.51. The van der Waals surface area contributed by atoms with Gasteiger partial charge in [0.2, 0.25) is 0 Å². The Labute approximate surface area is 107 Å². The first kappa shape index (κ1) is 14.6. The number of benzene rings is 1. The van der Waals surface area contributed by atoms with E-state index in [1.807, 2.05) is 0 Å². The van der Waals surface area contributed by atoms with Crippen LogP contribution in [-0.2, 0) is 4.79 Å². The van der Waals surface area contributed by atoms with Gasteiger partial charge in [0.15, 0.2) is 11.6 Å². The van der Waals surface area contributed by atoms with Gasteiger partial charge in [-0.2, -0.15) is 0 Å². The predicted molar refractivity (Wildman–Crippen MR) is 68.4 cm³/mol. The van der Waals surface area contributed by atoms with E-state index in [4.69, 9.17) is 0 Å². The normalized spacial score (nSPS) is 15.3. The molecule has 1 atom stereocenters. The number of allylic oxidation sites excluding steroid dienone is 1. The summed E-state index contributed by atoms with van der Waals surface area (Å²) in [7, 11) is 0. The molecule has 1 nitrogen and oxygen atoms in total. The second kappa shape index (κ2) is 7.04. The summed E-state index contributed by atoms with van der Waals surface area (Å²) in [5.74, 6) is -0.953. The summed E-state index contributed by atoms with van der Waals surface area (Å²) in [6.45, 7) is 5.81. The maximum absolute atomic E-state index is 12.8. The molecular weight excluding hydrogens is 234 g/mol. The van der Waals surface area contributed by atoms with Crippen molar-refractivity contribution in [2.75, 3.05) is 0 Å². The van der Waals surface area contributed by atoms with Gasteiger partial charge in [-0.3, -0.25) is 0 Å². The van der Waals surface area contributed by atoms with Crippen LogP contribution in [0.5, 0.6) is 0 Å². The SMILES string of the molecule is C=CC(CC=O)c1ccc(F)c(F)c1.CC1CC1. The summed E-state index contributed by atoms with van der Waals surface area (Å²) in [6.07, 6.45) is 5.48. The molecule has 0 aliphatic heterocycles. The Morgan fingerprint density at radius 3 is 2.39 bits per heavy atom. The summed E-state index contributed by atoms with van der Waals surface area (Å²) in [6, 6.07) is 3.59. The zero-order chi connectivity index (χ0) is 13.5. The maximum Gasteiger partial charge on any atom is 0.159 e. The standard InChI is InChI=1S/C11H10F2O.C4H8/c1-2-8(5-6-14)9-3-4-10(12)11(13)7-9;1-4-2-3-4/h2-4,6-8H,1,5H2;4H,2-3H2,1H3. The highest BCUT2D eigenvalue weighted by molar-refractivity contribution is 5.52. The van der Waals surface area contributed by atoms with Crippen molar-refractivity contribution in [3.63, 3.8) is 0 Å². The first-order valence-electron chi connectivity index (χ1n) is 6.09. The van der Waals surface area contributed by atoms with Crippen molar-refractivity contribution in [3.05, 3.63) is 48.1 Å². The van der Waals surface area contributed by atoms with E-state index in [1.54, 1.807) is 6.08 Å². The van der Waals surface area contributed by atoms with Gasteiger partial charge in [0.1, 0.15) is 6.29 Å². The third kappa shape index (κ3) is 4.78. The van der Waals surface area contributed by atoms with Gasteiger partial charge in [-0.05, 0) is 23.6 Å². The van der Waals surface area contributed by atoms with Crippen LogP contribution >= 0.6 is 0 Å². The van der Waals surface area contributed by atoms with Gasteiger partial charge in [0.25, 0.3) is 0 Å². The van der Waals surface area contributed by atoms with Crippen LogP contribution in [0.1, 0.15) is 37.7 Å². The Bertz CT molecular complexity index is 411. The molecule has 1 saturated carbocycles. The third-order valence-electron chi connectivity index (χ3n) is 2.87. The Morgan fingerprint density at radius 2 is 2.00 bits per heavy atom. The van der Waals surface area contributed by atoms with E-state index in [-0.39, 0.29) is 12.3 Å². The number of halogens is 2. The molecular formula is C15H18F2O. The predicted octanol–water partition coefficient (Wildman–Crippen LogP) is 4.24. The molecule has 3 heteroatoms. The fourth-order valence-corrected chi connectivity index (χ4v) is 1.38. The lowest BCUT2D eigenvalue weighted by molar-refractivity contribution is -0.108. The van der Waals surface area contributed by atoms with Crippen LogP contribution < -0.4 is 0 Å². The van der Waals surface area contributed by atoms with Crippen molar-refractivity contribution in [1.29, 1.82) is 0 Å². The summed E-state index contributed by atoms with van der Waals surface area (Å²) in [4.78, 5) is 10.3. The van der Waals surface area contributed by atoms with Crippen LogP contribution in [0.15, 0.2) is 30.9 Å². The number of hydrogen-bond donors (Lipinski definition) is 0. The minimum Gasteiger partial charge on any atom is -0.303 e. The van der Waals surface area contributed by atoms with Gasteiger partial charge >= 0.3 is 0 Å². The molecule has 0 radical (unpaired) electrons. The number of hydrogen-bond acceptors (Lipinski definition) is 1. The minimum absolute atomic E-state index is 0.231. The molecule has 18 heavy (non-hydrogen) atoms. The van der Waals surface area contributed by atoms with Gasteiger partial charge in [0.05, 0.1) is 0 Å². The molecule has 1 aromatic carbocycles. The average Bonchev–Trinajstić information content (AvgIpc) is 3.13. The molecule has 1 aromatic rings. The van der Waals surface area contributed by atoms with Crippen molar-refractivity contribution < 1.29 is 13.6 Å². The van der Waals surface area contributed by atoms with Gasteiger partial charge in [-0.25, -0.2) is 8.78 Å². The van der Waals surface area contributed by atoms with Crippen molar-refractivity contribution in [2.24, 2.45) is 5.92 Å². The molecule has 0 spiro atoms. The lowest BCUT2D eigenvalue weighted by Crippen LogP contribution is -1.97. The highest BCUT2D eigenvalue weighted by Gasteiger charge is 2.12. The average molecular weight is 252 g/mol. The van der Waals surface area contributed by atoms with E-state index in [9.17, 15) is 13.6 Å². The van der Waals surface area contributed by atoms with Crippen molar-refractivity contribution in [1.82, 2.24) is 0 Å². The molecule has 0 saturated heterocycles. The molecule has 2 rings (SSSR count). The summed E-state index contributed by atoms with van der Waals surface area (Å²) >= 11 is 0. The molecule has 0 amide bonds. The van der Waals surface area contributed by atoms with Crippen LogP contribution in [-0.4, -0.2) is 6.29 Å². The lowest BCUT2D eigenvalue weighted by atomic mass is 9.96. The van der Waals surface area contributed by atoms with Crippen molar-refractivity contribution >= 4 is 6.29 Å². The van der Waals surface area contributed by atoms with E-state index in [0.29, 0.717) is 5.56 Å².